The van der Waals surface area contributed by atoms with Crippen molar-refractivity contribution in [1.29, 1.82) is 0 Å². The third-order valence-corrected chi connectivity index (χ3v) is 9.25. The fraction of sp³-hybridized carbons (Fsp3) is 0.440. The van der Waals surface area contributed by atoms with Crippen molar-refractivity contribution < 1.29 is 4.74 Å². The Morgan fingerprint density at radius 1 is 0.839 bits per heavy atom. The zero-order chi connectivity index (χ0) is 20.6. The molecule has 4 saturated carbocycles. The summed E-state index contributed by atoms with van der Waals surface area (Å²) in [6.07, 6.45) is -0.126. The molecule has 6 nitrogen and oxygen atoms in total. The lowest BCUT2D eigenvalue weighted by atomic mass is 9.79. The van der Waals surface area contributed by atoms with Crippen LogP contribution in [0.4, 0.5) is 0 Å². The molecule has 156 valence electrons. The van der Waals surface area contributed by atoms with E-state index in [1.165, 1.54) is 4.57 Å². The molecule has 31 heavy (non-hydrogen) atoms. The molecule has 3 aromatic rings. The van der Waals surface area contributed by atoms with Gasteiger partial charge in [-0.05, 0) is 40.7 Å². The predicted molar refractivity (Wildman–Crippen MR) is 113 cm³/mol. The summed E-state index contributed by atoms with van der Waals surface area (Å²) in [5, 5.41) is 0. The maximum Gasteiger partial charge on any atom is 0.347 e. The fourth-order valence-electron chi connectivity index (χ4n) is 8.33. The molecule has 0 spiro atoms. The van der Waals surface area contributed by atoms with E-state index in [1.54, 1.807) is 7.05 Å². The van der Waals surface area contributed by atoms with Crippen molar-refractivity contribution in [2.24, 2.45) is 42.1 Å². The van der Waals surface area contributed by atoms with Gasteiger partial charge in [0.15, 0.2) is 0 Å². The van der Waals surface area contributed by atoms with Crippen LogP contribution < -0.4 is 11.4 Å². The Morgan fingerprint density at radius 2 is 1.45 bits per heavy atom. The molecule has 0 amide bonds. The molecule has 1 aromatic heterocycles. The van der Waals surface area contributed by atoms with Crippen LogP contribution in [-0.2, 0) is 11.8 Å². The molecule has 6 heteroatoms. The summed E-state index contributed by atoms with van der Waals surface area (Å²) in [5.74, 6) is 2.97. The highest BCUT2D eigenvalue weighted by Gasteiger charge is 2.97. The molecule has 8 atom stereocenters. The first kappa shape index (κ1) is 16.8. The second-order valence-corrected chi connectivity index (χ2v) is 10.2. The molecule has 0 N–H and O–H groups in total. The molecule has 3 heterocycles. The molecule has 0 saturated heterocycles. The van der Waals surface area contributed by atoms with Crippen molar-refractivity contribution in [3.8, 4) is 0 Å². The Kier molecular flexibility index (Phi) is 2.78. The minimum absolute atomic E-state index is 0.0220. The van der Waals surface area contributed by atoms with Crippen molar-refractivity contribution in [2.45, 2.75) is 18.2 Å². The Hall–Kier alpha value is -2.86. The standard InChI is InChI=1S/C25H23N3O3/c1-26-23(29)27-20-16-15-17(16)22(28(27)24(26)30)25(18(15)19(20)25)12-31-21(13-8-4-2-5-9-13)14-10-6-3-7-11-14/h2-11,15-22H,12H2,1H3/t15-,16-,17-,18+,19+,20-,22-,25-/m0/s1. The lowest BCUT2D eigenvalue weighted by Crippen LogP contribution is -2.50. The minimum atomic E-state index is -0.155. The third kappa shape index (κ3) is 1.68. The fourth-order valence-corrected chi connectivity index (χ4v) is 8.33. The van der Waals surface area contributed by atoms with E-state index < -0.39 is 0 Å². The summed E-state index contributed by atoms with van der Waals surface area (Å²) < 4.78 is 11.7. The van der Waals surface area contributed by atoms with Gasteiger partial charge in [-0.1, -0.05) is 60.7 Å². The van der Waals surface area contributed by atoms with Crippen molar-refractivity contribution in [3.63, 3.8) is 0 Å². The Bertz CT molecular complexity index is 1320. The molecule has 4 aliphatic carbocycles. The van der Waals surface area contributed by atoms with Crippen LogP contribution in [0.2, 0.25) is 0 Å². The molecule has 4 fully saturated rings. The van der Waals surface area contributed by atoms with Crippen LogP contribution in [0.15, 0.2) is 70.3 Å². The Balaban J connectivity index is 1.19. The van der Waals surface area contributed by atoms with Gasteiger partial charge in [0.1, 0.15) is 6.10 Å². The van der Waals surface area contributed by atoms with Gasteiger partial charge in [-0.3, -0.25) is 0 Å². The maximum atomic E-state index is 12.9. The molecule has 0 unspecified atom stereocenters. The van der Waals surface area contributed by atoms with Crippen molar-refractivity contribution >= 4 is 0 Å². The molecule has 2 aliphatic heterocycles. The molecule has 2 bridgehead atoms. The first-order chi connectivity index (χ1) is 15.2. The predicted octanol–water partition coefficient (Wildman–Crippen LogP) is 2.37. The van der Waals surface area contributed by atoms with Gasteiger partial charge >= 0.3 is 11.4 Å². The number of ether oxygens (including phenoxy) is 1. The number of hydrogen-bond acceptors (Lipinski definition) is 3. The van der Waals surface area contributed by atoms with Gasteiger partial charge in [-0.15, -0.1) is 0 Å². The molecular weight excluding hydrogens is 390 g/mol. The van der Waals surface area contributed by atoms with Crippen molar-refractivity contribution in [1.82, 2.24) is 13.9 Å². The van der Waals surface area contributed by atoms with Gasteiger partial charge in [-0.2, -0.15) is 0 Å². The van der Waals surface area contributed by atoms with E-state index in [2.05, 4.69) is 48.5 Å². The summed E-state index contributed by atoms with van der Waals surface area (Å²) in [6, 6.07) is 21.1. The van der Waals surface area contributed by atoms with Crippen LogP contribution in [0.1, 0.15) is 29.3 Å². The highest BCUT2D eigenvalue weighted by atomic mass is 16.5. The van der Waals surface area contributed by atoms with E-state index >= 15 is 0 Å². The molecule has 0 radical (unpaired) electrons. The monoisotopic (exact) mass is 413 g/mol. The van der Waals surface area contributed by atoms with E-state index in [4.69, 9.17) is 4.74 Å². The van der Waals surface area contributed by atoms with E-state index in [9.17, 15) is 9.59 Å². The lowest BCUT2D eigenvalue weighted by Gasteiger charge is -2.43. The van der Waals surface area contributed by atoms with E-state index in [1.807, 2.05) is 21.5 Å². The largest absolute Gasteiger partial charge is 0.368 e. The van der Waals surface area contributed by atoms with Gasteiger partial charge in [0.2, 0.25) is 0 Å². The third-order valence-electron chi connectivity index (χ3n) is 9.25. The SMILES string of the molecule is Cn1c(=O)n2n(c1=O)[C@H]1[C@@H]3[C@@H]4[C@@H]3[C@@H]3[C@H]([C@H]42)[C@]31COC(c1ccccc1)c1ccccc1. The Morgan fingerprint density at radius 3 is 2.10 bits per heavy atom. The van der Waals surface area contributed by atoms with Gasteiger partial charge in [0, 0.05) is 12.5 Å². The second-order valence-electron chi connectivity index (χ2n) is 10.2. The highest BCUT2D eigenvalue weighted by molar-refractivity contribution is 5.43. The van der Waals surface area contributed by atoms with Crippen molar-refractivity contribution in [3.05, 3.63) is 92.8 Å². The molecule has 6 aliphatic rings. The van der Waals surface area contributed by atoms with E-state index in [0.29, 0.717) is 36.2 Å². The van der Waals surface area contributed by atoms with E-state index in [-0.39, 0.29) is 35.0 Å². The quantitative estimate of drug-likeness (QED) is 0.645. The number of nitrogens with zero attached hydrogens (tertiary/aromatic N) is 3. The smallest absolute Gasteiger partial charge is 0.347 e. The Labute approximate surface area is 178 Å². The van der Waals surface area contributed by atoms with Crippen LogP contribution in [0, 0.1) is 35.0 Å². The minimum Gasteiger partial charge on any atom is -0.368 e. The highest BCUT2D eigenvalue weighted by Crippen LogP contribution is 2.97. The molecule has 2 aromatic carbocycles. The maximum absolute atomic E-state index is 12.9. The van der Waals surface area contributed by atoms with Gasteiger partial charge in [-0.25, -0.2) is 23.5 Å². The van der Waals surface area contributed by atoms with Crippen LogP contribution >= 0.6 is 0 Å². The second kappa shape index (κ2) is 5.13. The van der Waals surface area contributed by atoms with Crippen molar-refractivity contribution in [2.75, 3.05) is 6.61 Å². The summed E-state index contributed by atoms with van der Waals surface area (Å²) in [6.45, 7) is 0.646. The van der Waals surface area contributed by atoms with Crippen LogP contribution in [0.25, 0.3) is 0 Å². The number of aromatic nitrogens is 3. The number of rotatable bonds is 5. The summed E-state index contributed by atoms with van der Waals surface area (Å²) in [5.41, 5.74) is 2.02. The van der Waals surface area contributed by atoms with Crippen LogP contribution in [0.5, 0.6) is 0 Å². The summed E-state index contributed by atoms with van der Waals surface area (Å²) in [4.78, 5) is 25.7. The lowest BCUT2D eigenvalue weighted by molar-refractivity contribution is -0.0312. The van der Waals surface area contributed by atoms with Gasteiger partial charge in [0.25, 0.3) is 0 Å². The van der Waals surface area contributed by atoms with Crippen LogP contribution in [-0.4, -0.2) is 20.5 Å². The first-order valence-corrected chi connectivity index (χ1v) is 11.3. The van der Waals surface area contributed by atoms with E-state index in [0.717, 1.165) is 11.1 Å². The van der Waals surface area contributed by atoms with Gasteiger partial charge < -0.3 is 4.74 Å². The first-order valence-electron chi connectivity index (χ1n) is 11.3. The van der Waals surface area contributed by atoms with Crippen LogP contribution in [0.3, 0.4) is 0 Å². The zero-order valence-electron chi connectivity index (χ0n) is 17.2. The topological polar surface area (TPSA) is 58.2 Å². The number of hydrogen-bond donors (Lipinski definition) is 0. The average Bonchev–Trinajstić information content (AvgIpc) is 3.61. The number of benzene rings is 2. The summed E-state index contributed by atoms with van der Waals surface area (Å²) >= 11 is 0. The van der Waals surface area contributed by atoms with Gasteiger partial charge in [0.05, 0.1) is 18.7 Å². The molecular formula is C25H23N3O3. The normalized spacial score (nSPS) is 39.1. The summed E-state index contributed by atoms with van der Waals surface area (Å²) in [7, 11) is 1.61. The average molecular weight is 413 g/mol. The molecule has 9 rings (SSSR count). The zero-order valence-corrected chi connectivity index (χ0v) is 17.2.